The van der Waals surface area contributed by atoms with E-state index in [1.165, 1.54) is 0 Å². The number of ether oxygens (including phenoxy) is 1. The summed E-state index contributed by atoms with van der Waals surface area (Å²) in [6, 6.07) is -0.200. The first kappa shape index (κ1) is 17.1. The minimum atomic E-state index is -0.334. The van der Waals surface area contributed by atoms with Crippen LogP contribution in [0.4, 0.5) is 0 Å². The first-order valence-corrected chi connectivity index (χ1v) is 6.80. The van der Waals surface area contributed by atoms with E-state index in [1.54, 1.807) is 6.92 Å². The normalized spacial score (nSPS) is 12.1. The van der Waals surface area contributed by atoms with E-state index >= 15 is 0 Å². The molecule has 1 unspecified atom stereocenters. The molecule has 0 saturated heterocycles. The Kier molecular flexibility index (Phi) is 9.59. The predicted molar refractivity (Wildman–Crippen MR) is 77.6 cm³/mol. The lowest BCUT2D eigenvalue weighted by atomic mass is 10.3. The molecular weight excluding hydrogens is 250 g/mol. The second kappa shape index (κ2) is 10.1. The third-order valence-corrected chi connectivity index (χ3v) is 2.39. The summed E-state index contributed by atoms with van der Waals surface area (Å²) < 4.78 is 5.21. The first-order valence-electron chi connectivity index (χ1n) is 6.39. The molecule has 106 valence electrons. The van der Waals surface area contributed by atoms with Gasteiger partial charge in [0.15, 0.2) is 5.11 Å². The Morgan fingerprint density at radius 2 is 1.94 bits per heavy atom. The van der Waals surface area contributed by atoms with E-state index in [0.29, 0.717) is 5.11 Å². The van der Waals surface area contributed by atoms with Crippen molar-refractivity contribution >= 4 is 23.2 Å². The number of carbonyl (C=O) groups is 1. The second-order valence-electron chi connectivity index (χ2n) is 4.34. The molecule has 0 aliphatic rings. The molecule has 0 spiro atoms. The highest BCUT2D eigenvalue weighted by molar-refractivity contribution is 7.80. The van der Waals surface area contributed by atoms with Crippen molar-refractivity contribution in [2.75, 3.05) is 19.8 Å². The van der Waals surface area contributed by atoms with E-state index < -0.39 is 0 Å². The van der Waals surface area contributed by atoms with Crippen LogP contribution in [0.1, 0.15) is 34.1 Å². The maximum absolute atomic E-state index is 11.6. The molecule has 6 heteroatoms. The second-order valence-corrected chi connectivity index (χ2v) is 4.74. The molecule has 0 aliphatic carbocycles. The molecule has 0 bridgehead atoms. The van der Waals surface area contributed by atoms with Crippen molar-refractivity contribution in [1.82, 2.24) is 16.0 Å². The van der Waals surface area contributed by atoms with Gasteiger partial charge in [-0.15, -0.1) is 0 Å². The Hall–Kier alpha value is -0.880. The van der Waals surface area contributed by atoms with Crippen molar-refractivity contribution in [3.63, 3.8) is 0 Å². The van der Waals surface area contributed by atoms with Gasteiger partial charge in [0.2, 0.25) is 5.91 Å². The lowest BCUT2D eigenvalue weighted by Gasteiger charge is -2.18. The molecule has 0 aromatic carbocycles. The molecule has 1 amide bonds. The molecular formula is C12H25N3O2S. The predicted octanol–water partition coefficient (Wildman–Crippen LogP) is 0.790. The molecule has 0 radical (unpaired) electrons. The number of rotatable bonds is 8. The van der Waals surface area contributed by atoms with Gasteiger partial charge in [0.25, 0.3) is 0 Å². The van der Waals surface area contributed by atoms with E-state index in [1.807, 2.05) is 20.8 Å². The van der Waals surface area contributed by atoms with Gasteiger partial charge in [-0.25, -0.2) is 0 Å². The van der Waals surface area contributed by atoms with Crippen molar-refractivity contribution < 1.29 is 9.53 Å². The Morgan fingerprint density at radius 1 is 1.28 bits per heavy atom. The Balaban J connectivity index is 3.70. The number of hydrogen-bond donors (Lipinski definition) is 3. The van der Waals surface area contributed by atoms with E-state index in [2.05, 4.69) is 16.0 Å². The lowest BCUT2D eigenvalue weighted by molar-refractivity contribution is -0.122. The lowest BCUT2D eigenvalue weighted by Crippen LogP contribution is -2.49. The van der Waals surface area contributed by atoms with Crippen LogP contribution >= 0.6 is 12.2 Å². The van der Waals surface area contributed by atoms with Gasteiger partial charge >= 0.3 is 0 Å². The molecule has 0 aromatic heterocycles. The van der Waals surface area contributed by atoms with Gasteiger partial charge in [-0.3, -0.25) is 4.79 Å². The van der Waals surface area contributed by atoms with Crippen molar-refractivity contribution in [2.24, 2.45) is 0 Å². The van der Waals surface area contributed by atoms with Crippen molar-refractivity contribution in [3.8, 4) is 0 Å². The fourth-order valence-corrected chi connectivity index (χ4v) is 1.52. The topological polar surface area (TPSA) is 62.4 Å². The summed E-state index contributed by atoms with van der Waals surface area (Å²) in [6.07, 6.45) is 0.891. The van der Waals surface area contributed by atoms with Crippen LogP contribution in [-0.4, -0.2) is 42.9 Å². The third kappa shape index (κ3) is 9.18. The van der Waals surface area contributed by atoms with Crippen LogP contribution in [0.3, 0.4) is 0 Å². The third-order valence-electron chi connectivity index (χ3n) is 2.13. The summed E-state index contributed by atoms with van der Waals surface area (Å²) in [4.78, 5) is 11.6. The van der Waals surface area contributed by atoms with Crippen molar-refractivity contribution in [3.05, 3.63) is 0 Å². The molecule has 0 saturated carbocycles. The monoisotopic (exact) mass is 275 g/mol. The van der Waals surface area contributed by atoms with Crippen molar-refractivity contribution in [1.29, 1.82) is 0 Å². The van der Waals surface area contributed by atoms with E-state index in [9.17, 15) is 4.79 Å². The Bertz CT molecular complexity index is 260. The standard InChI is InChI=1S/C12H25N3O2S/c1-5-17-8-6-7-13-12(18)15-10(4)11(16)14-9(2)3/h9-10H,5-8H2,1-4H3,(H,14,16)(H2,13,15,18). The van der Waals surface area contributed by atoms with Crippen LogP contribution in [-0.2, 0) is 9.53 Å². The molecule has 1 atom stereocenters. The summed E-state index contributed by atoms with van der Waals surface area (Å²) in [5, 5.41) is 9.31. The van der Waals surface area contributed by atoms with Crippen molar-refractivity contribution in [2.45, 2.75) is 46.2 Å². The fourth-order valence-electron chi connectivity index (χ4n) is 1.24. The summed E-state index contributed by atoms with van der Waals surface area (Å²) in [5.41, 5.74) is 0. The van der Waals surface area contributed by atoms with Gasteiger partial charge in [0.1, 0.15) is 6.04 Å². The molecule has 0 aromatic rings. The summed E-state index contributed by atoms with van der Waals surface area (Å²) in [5.74, 6) is -0.0523. The molecule has 18 heavy (non-hydrogen) atoms. The van der Waals surface area contributed by atoms with Gasteiger partial charge in [-0.1, -0.05) is 0 Å². The average Bonchev–Trinajstić information content (AvgIpc) is 2.27. The maximum atomic E-state index is 11.6. The zero-order chi connectivity index (χ0) is 14.0. The Labute approximate surface area is 115 Å². The Morgan fingerprint density at radius 3 is 2.50 bits per heavy atom. The zero-order valence-electron chi connectivity index (χ0n) is 11.7. The van der Waals surface area contributed by atoms with Crippen LogP contribution in [0.15, 0.2) is 0 Å². The average molecular weight is 275 g/mol. The van der Waals surface area contributed by atoms with E-state index in [0.717, 1.165) is 26.2 Å². The van der Waals surface area contributed by atoms with Crippen LogP contribution in [0, 0.1) is 0 Å². The smallest absolute Gasteiger partial charge is 0.242 e. The summed E-state index contributed by atoms with van der Waals surface area (Å²) in [7, 11) is 0. The summed E-state index contributed by atoms with van der Waals surface area (Å²) >= 11 is 5.10. The van der Waals surface area contributed by atoms with Gasteiger partial charge in [-0.05, 0) is 46.3 Å². The summed E-state index contributed by atoms with van der Waals surface area (Å²) in [6.45, 7) is 9.79. The molecule has 0 fully saturated rings. The molecule has 0 aliphatic heterocycles. The quantitative estimate of drug-likeness (QED) is 0.451. The number of nitrogens with one attached hydrogen (secondary N) is 3. The zero-order valence-corrected chi connectivity index (χ0v) is 12.5. The molecule has 3 N–H and O–H groups in total. The fraction of sp³-hybridized carbons (Fsp3) is 0.833. The molecule has 5 nitrogen and oxygen atoms in total. The minimum Gasteiger partial charge on any atom is -0.382 e. The van der Waals surface area contributed by atoms with E-state index in [4.69, 9.17) is 17.0 Å². The highest BCUT2D eigenvalue weighted by atomic mass is 32.1. The van der Waals surface area contributed by atoms with Gasteiger partial charge in [-0.2, -0.15) is 0 Å². The van der Waals surface area contributed by atoms with Gasteiger partial charge in [0.05, 0.1) is 0 Å². The number of carbonyl (C=O) groups excluding carboxylic acids is 1. The van der Waals surface area contributed by atoms with Gasteiger partial charge in [0, 0.05) is 25.8 Å². The van der Waals surface area contributed by atoms with Gasteiger partial charge < -0.3 is 20.7 Å². The number of thiocarbonyl (C=S) groups is 1. The number of amides is 1. The molecule has 0 rings (SSSR count). The molecule has 0 heterocycles. The largest absolute Gasteiger partial charge is 0.382 e. The highest BCUT2D eigenvalue weighted by Crippen LogP contribution is 1.86. The number of hydrogen-bond acceptors (Lipinski definition) is 3. The first-order chi connectivity index (χ1) is 8.47. The van der Waals surface area contributed by atoms with Crippen LogP contribution in [0.25, 0.3) is 0 Å². The highest BCUT2D eigenvalue weighted by Gasteiger charge is 2.13. The SMILES string of the molecule is CCOCCCNC(=S)NC(C)C(=O)NC(C)C. The minimum absolute atomic E-state index is 0.0523. The van der Waals surface area contributed by atoms with Crippen LogP contribution in [0.2, 0.25) is 0 Å². The maximum Gasteiger partial charge on any atom is 0.242 e. The van der Waals surface area contributed by atoms with E-state index in [-0.39, 0.29) is 18.0 Å². The van der Waals surface area contributed by atoms with Crippen LogP contribution in [0.5, 0.6) is 0 Å². The van der Waals surface area contributed by atoms with Crippen LogP contribution < -0.4 is 16.0 Å².